The van der Waals surface area contributed by atoms with Gasteiger partial charge in [0.05, 0.1) is 0 Å². The number of hydrogen-bond acceptors (Lipinski definition) is 0. The molecule has 0 spiro atoms. The summed E-state index contributed by atoms with van der Waals surface area (Å²) in [5.74, 6) is 0. The van der Waals surface area contributed by atoms with Gasteiger partial charge in [-0.1, -0.05) is 91.0 Å². The molecule has 4 aromatic carbocycles. The minimum atomic E-state index is 1.17. The second kappa shape index (κ2) is 11.9. The van der Waals surface area contributed by atoms with Crippen LogP contribution in [0, 0.1) is 0 Å². The molecule has 10 aromatic rings. The van der Waals surface area contributed by atoms with Crippen molar-refractivity contribution in [2.75, 3.05) is 0 Å². The van der Waals surface area contributed by atoms with Crippen LogP contribution in [0.5, 0.6) is 0 Å². The monoisotopic (exact) mass is 651 g/mol. The Bertz CT molecular complexity index is 2510. The molecule has 51 heavy (non-hydrogen) atoms. The summed E-state index contributed by atoms with van der Waals surface area (Å²) in [4.78, 5) is 0. The Kier molecular flexibility index (Phi) is 6.81. The summed E-state index contributed by atoms with van der Waals surface area (Å²) in [6.45, 7) is 0. The van der Waals surface area contributed by atoms with Crippen LogP contribution < -0.4 is 0 Å². The maximum atomic E-state index is 2.34. The van der Waals surface area contributed by atoms with Gasteiger partial charge in [0.1, 0.15) is 0 Å². The highest BCUT2D eigenvalue weighted by Gasteiger charge is 2.12. The molecule has 0 aliphatic carbocycles. The van der Waals surface area contributed by atoms with Crippen LogP contribution in [0.3, 0.4) is 0 Å². The highest BCUT2D eigenvalue weighted by molar-refractivity contribution is 5.85. The Labute approximate surface area is 296 Å². The van der Waals surface area contributed by atoms with E-state index < -0.39 is 0 Å². The van der Waals surface area contributed by atoms with Gasteiger partial charge in [0.2, 0.25) is 0 Å². The lowest BCUT2D eigenvalue weighted by atomic mass is 9.94. The zero-order valence-corrected chi connectivity index (χ0v) is 27.9. The summed E-state index contributed by atoms with van der Waals surface area (Å²) in [6, 6.07) is 59.2. The summed E-state index contributed by atoms with van der Waals surface area (Å²) in [5.41, 5.74) is 18.0. The highest BCUT2D eigenvalue weighted by Crippen LogP contribution is 2.36. The summed E-state index contributed by atoms with van der Waals surface area (Å²) in [7, 11) is 0. The van der Waals surface area contributed by atoms with E-state index in [0.29, 0.717) is 0 Å². The van der Waals surface area contributed by atoms with Gasteiger partial charge in [-0.3, -0.25) is 0 Å². The molecule has 0 atom stereocenters. The van der Waals surface area contributed by atoms with Gasteiger partial charge in [0, 0.05) is 70.4 Å². The number of aromatic nitrogens is 3. The first-order valence-electron chi connectivity index (χ1n) is 17.4. The van der Waals surface area contributed by atoms with Gasteiger partial charge in [0.25, 0.3) is 0 Å². The standard InChI is InChI=1S/C48H33N3/c1-4-10-34(11-5-1)43-28-46-25-37(16-19-49(46)31-43)40-22-41(38-17-20-50-32-44(29-47(50)26-38)35-12-6-2-7-13-35)24-42(23-40)39-18-21-51-33-45(30-48(51)27-39)36-14-8-3-9-15-36/h1-33H. The van der Waals surface area contributed by atoms with Crippen molar-refractivity contribution in [1.29, 1.82) is 0 Å². The third kappa shape index (κ3) is 5.42. The zero-order chi connectivity index (χ0) is 33.7. The van der Waals surface area contributed by atoms with Crippen molar-refractivity contribution in [2.45, 2.75) is 0 Å². The van der Waals surface area contributed by atoms with Gasteiger partial charge in [-0.2, -0.15) is 0 Å². The van der Waals surface area contributed by atoms with E-state index in [2.05, 4.69) is 214 Å². The number of benzene rings is 4. The molecule has 0 aliphatic rings. The molecule has 6 aromatic heterocycles. The Morgan fingerprint density at radius 1 is 0.216 bits per heavy atom. The Morgan fingerprint density at radius 2 is 0.490 bits per heavy atom. The van der Waals surface area contributed by atoms with Crippen molar-refractivity contribution >= 4 is 16.6 Å². The van der Waals surface area contributed by atoms with Crippen LogP contribution >= 0.6 is 0 Å². The molecular formula is C48H33N3. The maximum absolute atomic E-state index is 2.34. The van der Waals surface area contributed by atoms with E-state index in [1.807, 2.05) is 0 Å². The Balaban J connectivity index is 1.10. The van der Waals surface area contributed by atoms with Gasteiger partial charge in [0.15, 0.2) is 0 Å². The van der Waals surface area contributed by atoms with E-state index >= 15 is 0 Å². The van der Waals surface area contributed by atoms with Gasteiger partial charge in [-0.05, 0) is 123 Å². The van der Waals surface area contributed by atoms with E-state index in [9.17, 15) is 0 Å². The third-order valence-electron chi connectivity index (χ3n) is 10.0. The van der Waals surface area contributed by atoms with E-state index in [0.717, 1.165) is 0 Å². The average molecular weight is 652 g/mol. The van der Waals surface area contributed by atoms with Crippen LogP contribution in [0.2, 0.25) is 0 Å². The van der Waals surface area contributed by atoms with Crippen molar-refractivity contribution in [2.24, 2.45) is 0 Å². The first-order chi connectivity index (χ1) is 25.2. The second-order valence-corrected chi connectivity index (χ2v) is 13.3. The molecule has 10 rings (SSSR count). The minimum Gasteiger partial charge on any atom is -0.323 e. The zero-order valence-electron chi connectivity index (χ0n) is 27.9. The lowest BCUT2D eigenvalue weighted by Gasteiger charge is -2.12. The Morgan fingerprint density at radius 3 is 0.784 bits per heavy atom. The number of nitrogens with zero attached hydrogens (tertiary/aromatic N) is 3. The maximum Gasteiger partial charge on any atom is 0.0462 e. The van der Waals surface area contributed by atoms with Crippen LogP contribution in [0.15, 0.2) is 201 Å². The highest BCUT2D eigenvalue weighted by atomic mass is 14.9. The number of pyridine rings is 3. The summed E-state index contributed by atoms with van der Waals surface area (Å²) < 4.78 is 6.64. The molecule has 0 N–H and O–H groups in total. The van der Waals surface area contributed by atoms with E-state index in [-0.39, 0.29) is 0 Å². The van der Waals surface area contributed by atoms with Gasteiger partial charge in [-0.15, -0.1) is 0 Å². The third-order valence-corrected chi connectivity index (χ3v) is 10.0. The quantitative estimate of drug-likeness (QED) is 0.170. The topological polar surface area (TPSA) is 13.2 Å². The van der Waals surface area contributed by atoms with Crippen LogP contribution in [0.4, 0.5) is 0 Å². The molecule has 3 nitrogen and oxygen atoms in total. The molecule has 240 valence electrons. The predicted octanol–water partition coefficient (Wildman–Crippen LogP) is 12.4. The molecule has 6 heterocycles. The predicted molar refractivity (Wildman–Crippen MR) is 212 cm³/mol. The molecule has 0 radical (unpaired) electrons. The molecular weight excluding hydrogens is 619 g/mol. The lowest BCUT2D eigenvalue weighted by Crippen LogP contribution is -1.90. The van der Waals surface area contributed by atoms with Crippen molar-refractivity contribution < 1.29 is 0 Å². The fourth-order valence-corrected chi connectivity index (χ4v) is 7.36. The number of rotatable bonds is 6. The van der Waals surface area contributed by atoms with Gasteiger partial charge >= 0.3 is 0 Å². The normalized spacial score (nSPS) is 11.5. The molecule has 0 unspecified atom stereocenters. The molecule has 0 bridgehead atoms. The molecule has 0 saturated heterocycles. The number of fused-ring (bicyclic) bond motifs is 3. The van der Waals surface area contributed by atoms with Gasteiger partial charge < -0.3 is 13.2 Å². The SMILES string of the molecule is c1ccc(-c2cc3cc(-c4cc(-c5ccn6cc(-c7ccccc7)cc6c5)cc(-c5ccn6cc(-c7ccccc7)cc6c5)c4)ccn3c2)cc1. The van der Waals surface area contributed by atoms with Crippen molar-refractivity contribution in [3.63, 3.8) is 0 Å². The van der Waals surface area contributed by atoms with Crippen molar-refractivity contribution in [1.82, 2.24) is 13.2 Å². The van der Waals surface area contributed by atoms with Crippen molar-refractivity contribution in [3.05, 3.63) is 201 Å². The van der Waals surface area contributed by atoms with Crippen LogP contribution in [0.25, 0.3) is 83.3 Å². The lowest BCUT2D eigenvalue weighted by molar-refractivity contribution is 1.20. The van der Waals surface area contributed by atoms with Crippen LogP contribution in [0.1, 0.15) is 0 Å². The minimum absolute atomic E-state index is 1.17. The second-order valence-electron chi connectivity index (χ2n) is 13.3. The molecule has 0 fully saturated rings. The summed E-state index contributed by atoms with van der Waals surface area (Å²) in [6.07, 6.45) is 13.2. The fraction of sp³-hybridized carbons (Fsp3) is 0. The first-order valence-corrected chi connectivity index (χ1v) is 17.4. The molecule has 0 saturated carbocycles. The first kappa shape index (κ1) is 29.1. The molecule has 0 aliphatic heterocycles. The van der Waals surface area contributed by atoms with Crippen LogP contribution in [-0.4, -0.2) is 13.2 Å². The number of hydrogen-bond donors (Lipinski definition) is 0. The Hall–Kier alpha value is -6.84. The van der Waals surface area contributed by atoms with Gasteiger partial charge in [-0.25, -0.2) is 0 Å². The summed E-state index contributed by atoms with van der Waals surface area (Å²) in [5, 5.41) is 0. The van der Waals surface area contributed by atoms with E-state index in [1.165, 1.54) is 83.3 Å². The van der Waals surface area contributed by atoms with Crippen molar-refractivity contribution in [3.8, 4) is 66.8 Å². The summed E-state index contributed by atoms with van der Waals surface area (Å²) >= 11 is 0. The fourth-order valence-electron chi connectivity index (χ4n) is 7.36. The van der Waals surface area contributed by atoms with E-state index in [4.69, 9.17) is 0 Å². The average Bonchev–Trinajstić information content (AvgIpc) is 3.95. The van der Waals surface area contributed by atoms with Crippen LogP contribution in [-0.2, 0) is 0 Å². The molecule has 3 heteroatoms. The van der Waals surface area contributed by atoms with E-state index in [1.54, 1.807) is 0 Å². The largest absolute Gasteiger partial charge is 0.323 e. The smallest absolute Gasteiger partial charge is 0.0462 e. The molecule has 0 amide bonds.